The van der Waals surface area contributed by atoms with Crippen LogP contribution in [0.4, 0.5) is 0 Å². The number of pyridine rings is 1. The Hall–Kier alpha value is -3.08. The number of aryl methyl sites for hydroxylation is 1. The number of benzene rings is 1. The largest absolute Gasteiger partial charge is 0.349 e. The standard InChI is InChI=1S/C22H22N4O/c1-15-19(14-24-20(25-15)17-8-12-23-13-9-17)16(2)26-21(27)22(10-11-22)18-6-4-3-5-7-18/h3-9,12-14,16H,10-11H2,1-2H3,(H,26,27)/t16-/m1/s1. The van der Waals surface area contributed by atoms with Crippen LogP contribution in [0.3, 0.4) is 0 Å². The molecule has 1 amide bonds. The molecule has 3 aromatic rings. The van der Waals surface area contributed by atoms with Crippen LogP contribution in [0, 0.1) is 6.92 Å². The van der Waals surface area contributed by atoms with Crippen molar-refractivity contribution in [3.8, 4) is 11.4 Å². The summed E-state index contributed by atoms with van der Waals surface area (Å²) in [6.45, 7) is 3.94. The zero-order valence-electron chi connectivity index (χ0n) is 15.5. The van der Waals surface area contributed by atoms with E-state index in [0.717, 1.165) is 35.2 Å². The lowest BCUT2D eigenvalue weighted by Gasteiger charge is -2.21. The van der Waals surface area contributed by atoms with Crippen LogP contribution in [0.1, 0.15) is 42.6 Å². The molecule has 1 aliphatic rings. The van der Waals surface area contributed by atoms with Gasteiger partial charge in [0, 0.05) is 35.4 Å². The third-order valence-corrected chi connectivity index (χ3v) is 5.28. The van der Waals surface area contributed by atoms with Crippen molar-refractivity contribution < 1.29 is 4.79 Å². The quantitative estimate of drug-likeness (QED) is 0.754. The number of carbonyl (C=O) groups is 1. The molecular formula is C22H22N4O. The minimum atomic E-state index is -0.374. The highest BCUT2D eigenvalue weighted by Gasteiger charge is 2.51. The molecular weight excluding hydrogens is 336 g/mol. The van der Waals surface area contributed by atoms with E-state index in [-0.39, 0.29) is 17.4 Å². The molecule has 0 unspecified atom stereocenters. The van der Waals surface area contributed by atoms with Crippen molar-refractivity contribution >= 4 is 5.91 Å². The number of nitrogens with one attached hydrogen (secondary N) is 1. The van der Waals surface area contributed by atoms with Gasteiger partial charge in [0.2, 0.25) is 5.91 Å². The maximum atomic E-state index is 13.0. The number of hydrogen-bond acceptors (Lipinski definition) is 4. The Bertz CT molecular complexity index is 953. The zero-order chi connectivity index (χ0) is 18.9. The molecule has 5 nitrogen and oxygen atoms in total. The molecule has 1 atom stereocenters. The number of rotatable bonds is 5. The molecule has 1 N–H and O–H groups in total. The molecule has 5 heteroatoms. The number of hydrogen-bond donors (Lipinski definition) is 1. The second-order valence-electron chi connectivity index (χ2n) is 7.11. The molecule has 2 aromatic heterocycles. The first kappa shape index (κ1) is 17.3. The lowest BCUT2D eigenvalue weighted by atomic mass is 9.94. The Labute approximate surface area is 158 Å². The second-order valence-corrected chi connectivity index (χ2v) is 7.11. The molecule has 0 radical (unpaired) electrons. The first-order valence-electron chi connectivity index (χ1n) is 9.20. The van der Waals surface area contributed by atoms with E-state index in [2.05, 4.69) is 20.3 Å². The van der Waals surface area contributed by atoms with E-state index in [9.17, 15) is 4.79 Å². The zero-order valence-corrected chi connectivity index (χ0v) is 15.5. The molecule has 1 saturated carbocycles. The topological polar surface area (TPSA) is 67.8 Å². The molecule has 1 aromatic carbocycles. The number of carbonyl (C=O) groups excluding carboxylic acids is 1. The van der Waals surface area contributed by atoms with Crippen molar-refractivity contribution in [3.05, 3.63) is 77.9 Å². The van der Waals surface area contributed by atoms with Gasteiger partial charge in [0.05, 0.1) is 11.5 Å². The summed E-state index contributed by atoms with van der Waals surface area (Å²) in [5.41, 5.74) is 3.45. The van der Waals surface area contributed by atoms with Gasteiger partial charge < -0.3 is 5.32 Å². The van der Waals surface area contributed by atoms with Crippen molar-refractivity contribution in [2.24, 2.45) is 0 Å². The van der Waals surface area contributed by atoms with E-state index in [1.54, 1.807) is 12.4 Å². The number of nitrogens with zero attached hydrogens (tertiary/aromatic N) is 3. The molecule has 0 aliphatic heterocycles. The van der Waals surface area contributed by atoms with Crippen LogP contribution in [-0.4, -0.2) is 20.9 Å². The fourth-order valence-electron chi connectivity index (χ4n) is 3.48. The van der Waals surface area contributed by atoms with Crippen LogP contribution < -0.4 is 5.32 Å². The Morgan fingerprint density at radius 2 is 1.81 bits per heavy atom. The van der Waals surface area contributed by atoms with Gasteiger partial charge in [0.1, 0.15) is 0 Å². The average molecular weight is 358 g/mol. The SMILES string of the molecule is Cc1nc(-c2ccncc2)ncc1[C@@H](C)NC(=O)C1(c2ccccc2)CC1. The maximum Gasteiger partial charge on any atom is 0.231 e. The number of aromatic nitrogens is 3. The fraction of sp³-hybridized carbons (Fsp3) is 0.273. The van der Waals surface area contributed by atoms with Gasteiger partial charge in [-0.05, 0) is 44.4 Å². The van der Waals surface area contributed by atoms with Crippen molar-refractivity contribution in [3.63, 3.8) is 0 Å². The predicted molar refractivity (Wildman–Crippen MR) is 104 cm³/mol. The monoisotopic (exact) mass is 358 g/mol. The smallest absolute Gasteiger partial charge is 0.231 e. The first-order valence-corrected chi connectivity index (χ1v) is 9.20. The Kier molecular flexibility index (Phi) is 4.44. The van der Waals surface area contributed by atoms with Crippen LogP contribution >= 0.6 is 0 Å². The summed E-state index contributed by atoms with van der Waals surface area (Å²) in [6, 6.07) is 13.6. The fourth-order valence-corrected chi connectivity index (χ4v) is 3.48. The Morgan fingerprint density at radius 1 is 1.11 bits per heavy atom. The normalized spacial score (nSPS) is 15.8. The highest BCUT2D eigenvalue weighted by Crippen LogP contribution is 2.48. The van der Waals surface area contributed by atoms with Crippen LogP contribution in [-0.2, 0) is 10.2 Å². The maximum absolute atomic E-state index is 13.0. The van der Waals surface area contributed by atoms with Crippen LogP contribution in [0.2, 0.25) is 0 Å². The molecule has 1 aliphatic carbocycles. The van der Waals surface area contributed by atoms with E-state index in [0.29, 0.717) is 5.82 Å². The van der Waals surface area contributed by atoms with E-state index in [1.807, 2.05) is 62.5 Å². The number of amides is 1. The van der Waals surface area contributed by atoms with Crippen LogP contribution in [0.5, 0.6) is 0 Å². The van der Waals surface area contributed by atoms with E-state index >= 15 is 0 Å². The lowest BCUT2D eigenvalue weighted by molar-refractivity contribution is -0.124. The van der Waals surface area contributed by atoms with Crippen LogP contribution in [0.15, 0.2) is 61.1 Å². The molecule has 27 heavy (non-hydrogen) atoms. The summed E-state index contributed by atoms with van der Waals surface area (Å²) in [5, 5.41) is 3.17. The van der Waals surface area contributed by atoms with Crippen molar-refractivity contribution in [1.82, 2.24) is 20.3 Å². The summed E-state index contributed by atoms with van der Waals surface area (Å²) in [4.78, 5) is 26.1. The molecule has 1 fully saturated rings. The minimum Gasteiger partial charge on any atom is -0.349 e. The molecule has 0 bridgehead atoms. The van der Waals surface area contributed by atoms with Gasteiger partial charge in [0.15, 0.2) is 5.82 Å². The minimum absolute atomic E-state index is 0.0822. The average Bonchev–Trinajstić information content (AvgIpc) is 3.51. The summed E-state index contributed by atoms with van der Waals surface area (Å²) in [7, 11) is 0. The van der Waals surface area contributed by atoms with Crippen LogP contribution in [0.25, 0.3) is 11.4 Å². The van der Waals surface area contributed by atoms with E-state index in [4.69, 9.17) is 0 Å². The van der Waals surface area contributed by atoms with Crippen molar-refractivity contribution in [2.45, 2.75) is 38.1 Å². The summed E-state index contributed by atoms with van der Waals surface area (Å²) in [6.07, 6.45) is 7.05. The van der Waals surface area contributed by atoms with Crippen molar-refractivity contribution in [2.75, 3.05) is 0 Å². The van der Waals surface area contributed by atoms with Gasteiger partial charge in [-0.25, -0.2) is 9.97 Å². The highest BCUT2D eigenvalue weighted by atomic mass is 16.2. The van der Waals surface area contributed by atoms with Gasteiger partial charge in [-0.1, -0.05) is 30.3 Å². The van der Waals surface area contributed by atoms with Gasteiger partial charge in [-0.3, -0.25) is 9.78 Å². The Balaban J connectivity index is 1.52. The predicted octanol–water partition coefficient (Wildman–Crippen LogP) is 3.76. The first-order chi connectivity index (χ1) is 13.1. The molecule has 4 rings (SSSR count). The molecule has 0 saturated heterocycles. The van der Waals surface area contributed by atoms with E-state index < -0.39 is 0 Å². The van der Waals surface area contributed by atoms with Gasteiger partial charge in [-0.15, -0.1) is 0 Å². The van der Waals surface area contributed by atoms with E-state index in [1.165, 1.54) is 0 Å². The molecule has 136 valence electrons. The van der Waals surface area contributed by atoms with Crippen molar-refractivity contribution in [1.29, 1.82) is 0 Å². The highest BCUT2D eigenvalue weighted by molar-refractivity contribution is 5.91. The lowest BCUT2D eigenvalue weighted by Crippen LogP contribution is -2.36. The van der Waals surface area contributed by atoms with Gasteiger partial charge >= 0.3 is 0 Å². The summed E-state index contributed by atoms with van der Waals surface area (Å²) < 4.78 is 0. The second kappa shape index (κ2) is 6.91. The molecule has 2 heterocycles. The van der Waals surface area contributed by atoms with Gasteiger partial charge in [-0.2, -0.15) is 0 Å². The Morgan fingerprint density at radius 3 is 2.44 bits per heavy atom. The summed E-state index contributed by atoms with van der Waals surface area (Å²) in [5.74, 6) is 0.749. The third-order valence-electron chi connectivity index (χ3n) is 5.28. The van der Waals surface area contributed by atoms with Gasteiger partial charge in [0.25, 0.3) is 0 Å². The summed E-state index contributed by atoms with van der Waals surface area (Å²) >= 11 is 0. The third kappa shape index (κ3) is 3.33. The molecule has 0 spiro atoms.